The van der Waals surface area contributed by atoms with Crippen LogP contribution in [0.5, 0.6) is 5.75 Å². The number of hydrogen-bond acceptors (Lipinski definition) is 2. The Morgan fingerprint density at radius 3 is 2.42 bits per heavy atom. The molecule has 1 saturated carbocycles. The molecule has 0 spiro atoms. The van der Waals surface area contributed by atoms with Gasteiger partial charge < -0.3 is 10.1 Å². The van der Waals surface area contributed by atoms with Crippen molar-refractivity contribution in [1.29, 1.82) is 0 Å². The zero-order valence-electron chi connectivity index (χ0n) is 10.8. The molecular weight excluding hydrogens is 255 g/mol. The van der Waals surface area contributed by atoms with Crippen LogP contribution in [0.25, 0.3) is 0 Å². The van der Waals surface area contributed by atoms with Gasteiger partial charge in [0.15, 0.2) is 0 Å². The maximum Gasteiger partial charge on any atom is 0.573 e. The Labute approximate surface area is 111 Å². The summed E-state index contributed by atoms with van der Waals surface area (Å²) in [6.07, 6.45) is 0.0470. The maximum absolute atomic E-state index is 12.0. The summed E-state index contributed by atoms with van der Waals surface area (Å²) in [7, 11) is 0. The van der Waals surface area contributed by atoms with Gasteiger partial charge in [0.25, 0.3) is 0 Å². The zero-order chi connectivity index (χ0) is 13.9. The van der Waals surface area contributed by atoms with Gasteiger partial charge in [0.1, 0.15) is 5.75 Å². The minimum absolute atomic E-state index is 0.184. The second-order valence-electron chi connectivity index (χ2n) is 5.00. The summed E-state index contributed by atoms with van der Waals surface area (Å²) < 4.78 is 39.9. The van der Waals surface area contributed by atoms with Crippen molar-refractivity contribution in [2.45, 2.75) is 45.0 Å². The minimum Gasteiger partial charge on any atom is -0.406 e. The molecule has 0 heterocycles. The first kappa shape index (κ1) is 14.0. The number of anilines is 1. The smallest absolute Gasteiger partial charge is 0.406 e. The topological polar surface area (TPSA) is 21.3 Å². The Morgan fingerprint density at radius 2 is 1.89 bits per heavy atom. The lowest BCUT2D eigenvalue weighted by molar-refractivity contribution is -0.274. The van der Waals surface area contributed by atoms with Gasteiger partial charge in [0, 0.05) is 11.7 Å². The molecule has 5 heteroatoms. The highest BCUT2D eigenvalue weighted by Crippen LogP contribution is 2.31. The molecule has 1 fully saturated rings. The van der Waals surface area contributed by atoms with E-state index in [1.54, 1.807) is 12.1 Å². The Balaban J connectivity index is 1.89. The summed E-state index contributed by atoms with van der Waals surface area (Å²) in [5.74, 6) is 0.584. The molecule has 2 nitrogen and oxygen atoms in total. The molecule has 106 valence electrons. The standard InChI is InChI=1S/C14H18F3NO/c1-2-10-3-4-12(9-10)18-11-5-7-13(8-6-11)19-14(15,16)17/h5-8,10,12,18H,2-4,9H2,1H3. The van der Waals surface area contributed by atoms with Crippen molar-refractivity contribution in [2.24, 2.45) is 5.92 Å². The second kappa shape index (κ2) is 5.72. The van der Waals surface area contributed by atoms with Crippen molar-refractivity contribution in [3.63, 3.8) is 0 Å². The fourth-order valence-corrected chi connectivity index (χ4v) is 2.57. The van der Waals surface area contributed by atoms with Gasteiger partial charge in [-0.25, -0.2) is 0 Å². The van der Waals surface area contributed by atoms with Crippen LogP contribution in [0.3, 0.4) is 0 Å². The highest BCUT2D eigenvalue weighted by molar-refractivity contribution is 5.47. The van der Waals surface area contributed by atoms with E-state index in [0.717, 1.165) is 24.4 Å². The van der Waals surface area contributed by atoms with Crippen LogP contribution in [0.1, 0.15) is 32.6 Å². The van der Waals surface area contributed by atoms with Crippen LogP contribution in [0, 0.1) is 5.92 Å². The van der Waals surface area contributed by atoms with E-state index in [1.807, 2.05) is 0 Å². The van der Waals surface area contributed by atoms with Crippen LogP contribution in [-0.2, 0) is 0 Å². The van der Waals surface area contributed by atoms with Gasteiger partial charge in [-0.1, -0.05) is 13.3 Å². The molecule has 0 aromatic heterocycles. The Morgan fingerprint density at radius 1 is 1.21 bits per heavy atom. The molecule has 19 heavy (non-hydrogen) atoms. The molecule has 2 rings (SSSR count). The molecular formula is C14H18F3NO. The van der Waals surface area contributed by atoms with Crippen LogP contribution < -0.4 is 10.1 Å². The summed E-state index contributed by atoms with van der Waals surface area (Å²) in [6, 6.07) is 6.35. The second-order valence-corrected chi connectivity index (χ2v) is 5.00. The molecule has 1 aromatic carbocycles. The molecule has 2 atom stereocenters. The zero-order valence-corrected chi connectivity index (χ0v) is 10.8. The third-order valence-corrected chi connectivity index (χ3v) is 3.58. The largest absolute Gasteiger partial charge is 0.573 e. The van der Waals surface area contributed by atoms with Crippen molar-refractivity contribution in [3.05, 3.63) is 24.3 Å². The summed E-state index contributed by atoms with van der Waals surface area (Å²) >= 11 is 0. The molecule has 1 aromatic rings. The lowest BCUT2D eigenvalue weighted by Gasteiger charge is -2.15. The lowest BCUT2D eigenvalue weighted by atomic mass is 10.1. The summed E-state index contributed by atoms with van der Waals surface area (Å²) in [5.41, 5.74) is 0.844. The van der Waals surface area contributed by atoms with Crippen LogP contribution in [-0.4, -0.2) is 12.4 Å². The van der Waals surface area contributed by atoms with Crippen LogP contribution in [0.4, 0.5) is 18.9 Å². The van der Waals surface area contributed by atoms with E-state index in [-0.39, 0.29) is 5.75 Å². The van der Waals surface area contributed by atoms with E-state index in [0.29, 0.717) is 6.04 Å². The van der Waals surface area contributed by atoms with Gasteiger partial charge in [0.05, 0.1) is 0 Å². The average Bonchev–Trinajstić information content (AvgIpc) is 2.77. The first-order valence-corrected chi connectivity index (χ1v) is 6.58. The Hall–Kier alpha value is -1.39. The van der Waals surface area contributed by atoms with E-state index in [1.165, 1.54) is 25.0 Å². The van der Waals surface area contributed by atoms with Gasteiger partial charge in [-0.2, -0.15) is 0 Å². The average molecular weight is 273 g/mol. The predicted octanol–water partition coefficient (Wildman–Crippen LogP) is 4.58. The third-order valence-electron chi connectivity index (χ3n) is 3.58. The monoisotopic (exact) mass is 273 g/mol. The Bertz CT molecular complexity index is 402. The van der Waals surface area contributed by atoms with Crippen molar-refractivity contribution in [1.82, 2.24) is 0 Å². The quantitative estimate of drug-likeness (QED) is 0.867. The van der Waals surface area contributed by atoms with Crippen molar-refractivity contribution in [3.8, 4) is 5.75 Å². The molecule has 1 N–H and O–H groups in total. The third kappa shape index (κ3) is 4.33. The lowest BCUT2D eigenvalue weighted by Crippen LogP contribution is -2.17. The number of alkyl halides is 3. The van der Waals surface area contributed by atoms with Crippen molar-refractivity contribution < 1.29 is 17.9 Å². The summed E-state index contributed by atoms with van der Waals surface area (Å²) in [4.78, 5) is 0. The van der Waals surface area contributed by atoms with Crippen LogP contribution in [0.15, 0.2) is 24.3 Å². The molecule has 0 radical (unpaired) electrons. The highest BCUT2D eigenvalue weighted by Gasteiger charge is 2.31. The van der Waals surface area contributed by atoms with E-state index in [2.05, 4.69) is 17.0 Å². The number of halogens is 3. The SMILES string of the molecule is CCC1CCC(Nc2ccc(OC(F)(F)F)cc2)C1. The van der Waals surface area contributed by atoms with Gasteiger partial charge in [-0.3, -0.25) is 0 Å². The molecule has 2 unspecified atom stereocenters. The van der Waals surface area contributed by atoms with Crippen molar-refractivity contribution >= 4 is 5.69 Å². The summed E-state index contributed by atoms with van der Waals surface area (Å²) in [6.45, 7) is 2.19. The van der Waals surface area contributed by atoms with Gasteiger partial charge in [0.2, 0.25) is 0 Å². The molecule has 0 saturated heterocycles. The van der Waals surface area contributed by atoms with E-state index < -0.39 is 6.36 Å². The van der Waals surface area contributed by atoms with E-state index in [4.69, 9.17) is 0 Å². The van der Waals surface area contributed by atoms with E-state index in [9.17, 15) is 13.2 Å². The van der Waals surface area contributed by atoms with E-state index >= 15 is 0 Å². The first-order valence-electron chi connectivity index (χ1n) is 6.58. The highest BCUT2D eigenvalue weighted by atomic mass is 19.4. The Kier molecular flexibility index (Phi) is 4.22. The van der Waals surface area contributed by atoms with Crippen molar-refractivity contribution in [2.75, 3.05) is 5.32 Å². The van der Waals surface area contributed by atoms with Crippen LogP contribution in [0.2, 0.25) is 0 Å². The normalized spacial score (nSPS) is 23.4. The van der Waals surface area contributed by atoms with Gasteiger partial charge in [-0.05, 0) is 49.4 Å². The summed E-state index contributed by atoms with van der Waals surface area (Å²) in [5, 5.41) is 3.36. The predicted molar refractivity (Wildman–Crippen MR) is 68.2 cm³/mol. The molecule has 0 aliphatic heterocycles. The maximum atomic E-state index is 12.0. The number of ether oxygens (including phenoxy) is 1. The number of benzene rings is 1. The number of rotatable bonds is 4. The van der Waals surface area contributed by atoms with Crippen LogP contribution >= 0.6 is 0 Å². The molecule has 0 bridgehead atoms. The number of hydrogen-bond donors (Lipinski definition) is 1. The minimum atomic E-state index is -4.63. The molecule has 0 amide bonds. The fourth-order valence-electron chi connectivity index (χ4n) is 2.57. The fraction of sp³-hybridized carbons (Fsp3) is 0.571. The van der Waals surface area contributed by atoms with Gasteiger partial charge >= 0.3 is 6.36 Å². The van der Waals surface area contributed by atoms with Gasteiger partial charge in [-0.15, -0.1) is 13.2 Å². The molecule has 1 aliphatic carbocycles. The first-order chi connectivity index (χ1) is 8.96. The number of nitrogens with one attached hydrogen (secondary N) is 1. The molecule has 1 aliphatic rings.